The van der Waals surface area contributed by atoms with E-state index < -0.39 is 0 Å². The molecular formula is C11H11FN2O2. The maximum absolute atomic E-state index is 13.5. The van der Waals surface area contributed by atoms with Crippen LogP contribution in [0.25, 0.3) is 11.0 Å². The Morgan fingerprint density at radius 2 is 2.25 bits per heavy atom. The molecule has 0 saturated carbocycles. The van der Waals surface area contributed by atoms with E-state index >= 15 is 0 Å². The van der Waals surface area contributed by atoms with E-state index in [1.165, 1.54) is 19.4 Å². The summed E-state index contributed by atoms with van der Waals surface area (Å²) >= 11 is 0. The van der Waals surface area contributed by atoms with Crippen molar-refractivity contribution >= 4 is 11.0 Å². The van der Waals surface area contributed by atoms with Crippen molar-refractivity contribution in [2.24, 2.45) is 0 Å². The van der Waals surface area contributed by atoms with Crippen LogP contribution >= 0.6 is 0 Å². The van der Waals surface area contributed by atoms with E-state index in [9.17, 15) is 4.39 Å². The number of halogens is 1. The molecule has 2 aromatic rings. The predicted molar refractivity (Wildman–Crippen MR) is 56.8 cm³/mol. The first-order chi connectivity index (χ1) is 7.76. The second-order valence-corrected chi connectivity index (χ2v) is 3.28. The highest BCUT2D eigenvalue weighted by Gasteiger charge is 2.10. The first kappa shape index (κ1) is 10.8. The number of hydrogen-bond acceptors (Lipinski definition) is 4. The fourth-order valence-corrected chi connectivity index (χ4v) is 1.54. The Morgan fingerprint density at radius 1 is 1.44 bits per heavy atom. The molecule has 0 aliphatic heterocycles. The average molecular weight is 222 g/mol. The standard InChI is InChI=1S/C11H11FN2O2/c1-16-10-6-13-9-3-2-8(12)7(4-5-15)11(9)14-10/h2-3,6,15H,4-5H2,1H3. The highest BCUT2D eigenvalue weighted by atomic mass is 19.1. The number of rotatable bonds is 3. The summed E-state index contributed by atoms with van der Waals surface area (Å²) in [5.74, 6) is -0.0543. The molecule has 1 heterocycles. The van der Waals surface area contributed by atoms with Crippen LogP contribution in [0.2, 0.25) is 0 Å². The largest absolute Gasteiger partial charge is 0.480 e. The number of hydrogen-bond donors (Lipinski definition) is 1. The van der Waals surface area contributed by atoms with Crippen LogP contribution in [-0.2, 0) is 6.42 Å². The van der Waals surface area contributed by atoms with E-state index in [1.807, 2.05) is 0 Å². The highest BCUT2D eigenvalue weighted by molar-refractivity contribution is 5.78. The van der Waals surface area contributed by atoms with E-state index in [4.69, 9.17) is 9.84 Å². The summed E-state index contributed by atoms with van der Waals surface area (Å²) < 4.78 is 18.5. The van der Waals surface area contributed by atoms with Crippen molar-refractivity contribution < 1.29 is 14.2 Å². The number of aliphatic hydroxyl groups excluding tert-OH is 1. The van der Waals surface area contributed by atoms with E-state index in [-0.39, 0.29) is 18.8 Å². The van der Waals surface area contributed by atoms with Crippen molar-refractivity contribution in [2.45, 2.75) is 6.42 Å². The normalized spacial score (nSPS) is 10.7. The molecule has 84 valence electrons. The molecule has 0 amide bonds. The summed E-state index contributed by atoms with van der Waals surface area (Å²) in [5.41, 5.74) is 1.39. The Balaban J connectivity index is 2.67. The van der Waals surface area contributed by atoms with Crippen LogP contribution in [0.3, 0.4) is 0 Å². The third-order valence-corrected chi connectivity index (χ3v) is 2.31. The van der Waals surface area contributed by atoms with Crippen LogP contribution in [0.5, 0.6) is 5.88 Å². The van der Waals surface area contributed by atoms with Gasteiger partial charge >= 0.3 is 0 Å². The van der Waals surface area contributed by atoms with Crippen LogP contribution in [-0.4, -0.2) is 28.8 Å². The lowest BCUT2D eigenvalue weighted by Gasteiger charge is -2.06. The molecule has 0 bridgehead atoms. The lowest BCUT2D eigenvalue weighted by Crippen LogP contribution is -2.00. The van der Waals surface area contributed by atoms with Gasteiger partial charge in [-0.1, -0.05) is 0 Å². The smallest absolute Gasteiger partial charge is 0.232 e. The second-order valence-electron chi connectivity index (χ2n) is 3.28. The zero-order chi connectivity index (χ0) is 11.5. The first-order valence-electron chi connectivity index (χ1n) is 4.85. The van der Waals surface area contributed by atoms with Crippen LogP contribution in [0.4, 0.5) is 4.39 Å². The van der Waals surface area contributed by atoms with Gasteiger partial charge in [-0.25, -0.2) is 14.4 Å². The van der Waals surface area contributed by atoms with Gasteiger partial charge in [0, 0.05) is 18.6 Å². The van der Waals surface area contributed by atoms with Gasteiger partial charge in [0.25, 0.3) is 0 Å². The van der Waals surface area contributed by atoms with Crippen LogP contribution in [0.1, 0.15) is 5.56 Å². The van der Waals surface area contributed by atoms with E-state index in [1.54, 1.807) is 6.07 Å². The maximum Gasteiger partial charge on any atom is 0.232 e. The third-order valence-electron chi connectivity index (χ3n) is 2.31. The van der Waals surface area contributed by atoms with Gasteiger partial charge in [-0.05, 0) is 12.1 Å². The van der Waals surface area contributed by atoms with E-state index in [2.05, 4.69) is 9.97 Å². The summed E-state index contributed by atoms with van der Waals surface area (Å²) in [6.07, 6.45) is 1.69. The summed E-state index contributed by atoms with van der Waals surface area (Å²) in [5, 5.41) is 8.88. The molecule has 1 N–H and O–H groups in total. The minimum atomic E-state index is -0.385. The molecule has 0 unspecified atom stereocenters. The summed E-state index contributed by atoms with van der Waals surface area (Å²) in [4.78, 5) is 8.24. The zero-order valence-electron chi connectivity index (χ0n) is 8.77. The average Bonchev–Trinajstić information content (AvgIpc) is 2.32. The van der Waals surface area contributed by atoms with Crippen molar-refractivity contribution in [3.05, 3.63) is 29.7 Å². The quantitative estimate of drug-likeness (QED) is 0.850. The molecule has 0 aliphatic carbocycles. The number of ether oxygens (including phenoxy) is 1. The summed E-state index contributed by atoms with van der Waals surface area (Å²) in [6, 6.07) is 2.88. The number of fused-ring (bicyclic) bond motifs is 1. The van der Waals surface area contributed by atoms with Gasteiger partial charge in [-0.3, -0.25) is 0 Å². The van der Waals surface area contributed by atoms with Crippen molar-refractivity contribution in [3.63, 3.8) is 0 Å². The monoisotopic (exact) mass is 222 g/mol. The van der Waals surface area contributed by atoms with Crippen LogP contribution in [0.15, 0.2) is 18.3 Å². The van der Waals surface area contributed by atoms with Gasteiger partial charge in [0.05, 0.1) is 24.3 Å². The molecular weight excluding hydrogens is 211 g/mol. The van der Waals surface area contributed by atoms with Gasteiger partial charge in [-0.2, -0.15) is 0 Å². The summed E-state index contributed by atoms with van der Waals surface area (Å²) in [6.45, 7) is -0.130. The fraction of sp³-hybridized carbons (Fsp3) is 0.273. The minimum Gasteiger partial charge on any atom is -0.480 e. The van der Waals surface area contributed by atoms with E-state index in [0.29, 0.717) is 22.5 Å². The molecule has 0 aliphatic rings. The summed E-state index contributed by atoms with van der Waals surface area (Å²) in [7, 11) is 1.47. The molecule has 0 spiro atoms. The molecule has 5 heteroatoms. The molecule has 16 heavy (non-hydrogen) atoms. The number of aromatic nitrogens is 2. The van der Waals surface area contributed by atoms with Gasteiger partial charge in [0.2, 0.25) is 5.88 Å². The number of nitrogens with zero attached hydrogens (tertiary/aromatic N) is 2. The molecule has 0 saturated heterocycles. The van der Waals surface area contributed by atoms with Crippen molar-refractivity contribution in [1.29, 1.82) is 0 Å². The fourth-order valence-electron chi connectivity index (χ4n) is 1.54. The molecule has 1 aromatic carbocycles. The first-order valence-corrected chi connectivity index (χ1v) is 4.85. The predicted octanol–water partition coefficient (Wildman–Crippen LogP) is 1.31. The Hall–Kier alpha value is -1.75. The second kappa shape index (κ2) is 4.40. The maximum atomic E-state index is 13.5. The van der Waals surface area contributed by atoms with Gasteiger partial charge < -0.3 is 9.84 Å². The van der Waals surface area contributed by atoms with Crippen molar-refractivity contribution in [3.8, 4) is 5.88 Å². The Morgan fingerprint density at radius 3 is 2.94 bits per heavy atom. The van der Waals surface area contributed by atoms with Crippen LogP contribution < -0.4 is 4.74 Å². The minimum absolute atomic E-state index is 0.130. The Labute approximate surface area is 91.7 Å². The van der Waals surface area contributed by atoms with Gasteiger partial charge in [0.1, 0.15) is 5.82 Å². The number of aliphatic hydroxyl groups is 1. The molecule has 2 rings (SSSR count). The molecule has 0 radical (unpaired) electrons. The zero-order valence-corrected chi connectivity index (χ0v) is 8.77. The Bertz CT molecular complexity index is 517. The Kier molecular flexibility index (Phi) is 2.96. The molecule has 0 fully saturated rings. The highest BCUT2D eigenvalue weighted by Crippen LogP contribution is 2.20. The lowest BCUT2D eigenvalue weighted by molar-refractivity contribution is 0.298. The van der Waals surface area contributed by atoms with Crippen LogP contribution in [0, 0.1) is 5.82 Å². The lowest BCUT2D eigenvalue weighted by atomic mass is 10.1. The number of methoxy groups -OCH3 is 1. The molecule has 0 atom stereocenters. The molecule has 1 aromatic heterocycles. The van der Waals surface area contributed by atoms with Gasteiger partial charge in [-0.15, -0.1) is 0 Å². The van der Waals surface area contributed by atoms with Crippen molar-refractivity contribution in [2.75, 3.05) is 13.7 Å². The SMILES string of the molecule is COc1cnc2ccc(F)c(CCO)c2n1. The van der Waals surface area contributed by atoms with E-state index in [0.717, 1.165) is 0 Å². The topological polar surface area (TPSA) is 55.2 Å². The third kappa shape index (κ3) is 1.81. The van der Waals surface area contributed by atoms with Gasteiger partial charge in [0.15, 0.2) is 0 Å². The van der Waals surface area contributed by atoms with Crippen molar-refractivity contribution in [1.82, 2.24) is 9.97 Å². The number of benzene rings is 1. The molecule has 4 nitrogen and oxygen atoms in total.